The number of hydrogen-bond donors (Lipinski definition) is 2. The van der Waals surface area contributed by atoms with E-state index in [2.05, 4.69) is 18.7 Å². The molecule has 4 heteroatoms. The highest BCUT2D eigenvalue weighted by molar-refractivity contribution is 5.21. The molecule has 0 saturated carbocycles. The second-order valence-electron chi connectivity index (χ2n) is 4.68. The molecule has 0 amide bonds. The molecule has 0 aliphatic carbocycles. The van der Waals surface area contributed by atoms with Gasteiger partial charge in [0.25, 0.3) is 0 Å². The Morgan fingerprint density at radius 2 is 2.00 bits per heavy atom. The van der Waals surface area contributed by atoms with E-state index in [0.717, 1.165) is 0 Å². The Kier molecular flexibility index (Phi) is 6.25. The Morgan fingerprint density at radius 1 is 1.33 bits per heavy atom. The van der Waals surface area contributed by atoms with Crippen LogP contribution in [-0.2, 0) is 0 Å². The summed E-state index contributed by atoms with van der Waals surface area (Å²) in [7, 11) is 0. The van der Waals surface area contributed by atoms with E-state index in [4.69, 9.17) is 10.8 Å². The number of nitrogens with zero attached hydrogens (tertiary/aromatic N) is 1. The van der Waals surface area contributed by atoms with Crippen molar-refractivity contribution in [1.29, 1.82) is 0 Å². The van der Waals surface area contributed by atoms with Gasteiger partial charge in [0.1, 0.15) is 5.82 Å². The highest BCUT2D eigenvalue weighted by Gasteiger charge is 2.23. The summed E-state index contributed by atoms with van der Waals surface area (Å²) in [4.78, 5) is 2.13. The molecule has 0 aliphatic rings. The third-order valence-corrected chi connectivity index (χ3v) is 3.13. The molecular formula is C14H23FN2O. The van der Waals surface area contributed by atoms with E-state index < -0.39 is 0 Å². The number of aliphatic hydroxyl groups is 1. The minimum atomic E-state index is -0.220. The summed E-state index contributed by atoms with van der Waals surface area (Å²) < 4.78 is 13.8. The molecule has 3 nitrogen and oxygen atoms in total. The summed E-state index contributed by atoms with van der Waals surface area (Å²) >= 11 is 0. The summed E-state index contributed by atoms with van der Waals surface area (Å²) in [6.07, 6.45) is 0.670. The molecule has 1 rings (SSSR count). The van der Waals surface area contributed by atoms with Crippen LogP contribution in [0.4, 0.5) is 4.39 Å². The first-order chi connectivity index (χ1) is 8.61. The summed E-state index contributed by atoms with van der Waals surface area (Å²) in [5, 5.41) is 8.94. The molecule has 0 radical (unpaired) electrons. The topological polar surface area (TPSA) is 49.5 Å². The Bertz CT molecular complexity index is 357. The van der Waals surface area contributed by atoms with Crippen molar-refractivity contribution in [1.82, 2.24) is 4.90 Å². The van der Waals surface area contributed by atoms with Crippen LogP contribution in [0.5, 0.6) is 0 Å². The fourth-order valence-electron chi connectivity index (χ4n) is 2.21. The van der Waals surface area contributed by atoms with Gasteiger partial charge in [0, 0.05) is 31.3 Å². The lowest BCUT2D eigenvalue weighted by Gasteiger charge is -2.34. The zero-order valence-electron chi connectivity index (χ0n) is 11.1. The van der Waals surface area contributed by atoms with Crippen molar-refractivity contribution in [2.45, 2.75) is 32.4 Å². The third-order valence-electron chi connectivity index (χ3n) is 3.13. The second kappa shape index (κ2) is 7.46. The monoisotopic (exact) mass is 254 g/mol. The summed E-state index contributed by atoms with van der Waals surface area (Å²) in [6.45, 7) is 5.33. The molecule has 1 aromatic carbocycles. The van der Waals surface area contributed by atoms with E-state index >= 15 is 0 Å². The lowest BCUT2D eigenvalue weighted by Crippen LogP contribution is -2.40. The summed E-state index contributed by atoms with van der Waals surface area (Å²) in [6, 6.07) is 6.86. The molecule has 0 bridgehead atoms. The molecule has 0 spiro atoms. The molecule has 1 unspecified atom stereocenters. The number of rotatable bonds is 7. The Morgan fingerprint density at radius 3 is 2.50 bits per heavy atom. The first-order valence-electron chi connectivity index (χ1n) is 6.43. The van der Waals surface area contributed by atoms with Crippen LogP contribution in [-0.4, -0.2) is 35.7 Å². The number of hydrogen-bond acceptors (Lipinski definition) is 3. The third kappa shape index (κ3) is 3.77. The van der Waals surface area contributed by atoms with Gasteiger partial charge in [-0.2, -0.15) is 0 Å². The van der Waals surface area contributed by atoms with Gasteiger partial charge in [-0.25, -0.2) is 4.39 Å². The van der Waals surface area contributed by atoms with Gasteiger partial charge in [0.15, 0.2) is 0 Å². The Labute approximate surface area is 108 Å². The van der Waals surface area contributed by atoms with Crippen molar-refractivity contribution in [3.05, 3.63) is 35.6 Å². The molecule has 1 aromatic rings. The van der Waals surface area contributed by atoms with Gasteiger partial charge in [-0.3, -0.25) is 4.90 Å². The van der Waals surface area contributed by atoms with E-state index in [9.17, 15) is 4.39 Å². The normalized spacial score (nSPS) is 13.3. The molecular weight excluding hydrogens is 231 g/mol. The van der Waals surface area contributed by atoms with E-state index in [0.29, 0.717) is 25.1 Å². The van der Waals surface area contributed by atoms with Gasteiger partial charge in [-0.15, -0.1) is 0 Å². The zero-order valence-corrected chi connectivity index (χ0v) is 11.1. The standard InChI is InChI=1S/C14H23FN2O/c1-11(2)17(8-5-9-18)14(10-16)12-6-3-4-7-13(12)15/h3-4,6-7,11,14,18H,5,8-10,16H2,1-2H3. The van der Waals surface area contributed by atoms with Gasteiger partial charge in [-0.1, -0.05) is 18.2 Å². The molecule has 3 N–H and O–H groups in total. The average Bonchev–Trinajstić information content (AvgIpc) is 2.35. The number of benzene rings is 1. The van der Waals surface area contributed by atoms with Gasteiger partial charge in [0.2, 0.25) is 0 Å². The summed E-state index contributed by atoms with van der Waals surface area (Å²) in [5.41, 5.74) is 6.44. The van der Waals surface area contributed by atoms with E-state index in [-0.39, 0.29) is 24.5 Å². The predicted molar refractivity (Wildman–Crippen MR) is 71.7 cm³/mol. The van der Waals surface area contributed by atoms with Crippen LogP contribution >= 0.6 is 0 Å². The smallest absolute Gasteiger partial charge is 0.128 e. The zero-order chi connectivity index (χ0) is 13.5. The molecule has 0 aromatic heterocycles. The van der Waals surface area contributed by atoms with E-state index in [1.165, 1.54) is 6.07 Å². The van der Waals surface area contributed by atoms with Crippen molar-refractivity contribution in [2.24, 2.45) is 5.73 Å². The highest BCUT2D eigenvalue weighted by atomic mass is 19.1. The average molecular weight is 254 g/mol. The minimum Gasteiger partial charge on any atom is -0.396 e. The van der Waals surface area contributed by atoms with Crippen LogP contribution in [0.15, 0.2) is 24.3 Å². The molecule has 0 heterocycles. The van der Waals surface area contributed by atoms with Crippen LogP contribution in [0.3, 0.4) is 0 Å². The van der Waals surface area contributed by atoms with Gasteiger partial charge in [0.05, 0.1) is 6.04 Å². The minimum absolute atomic E-state index is 0.137. The number of halogens is 1. The summed E-state index contributed by atoms with van der Waals surface area (Å²) in [5.74, 6) is -0.220. The second-order valence-corrected chi connectivity index (χ2v) is 4.68. The SMILES string of the molecule is CC(C)N(CCCO)C(CN)c1ccccc1F. The van der Waals surface area contributed by atoms with Crippen molar-refractivity contribution >= 4 is 0 Å². The van der Waals surface area contributed by atoms with Crippen molar-refractivity contribution < 1.29 is 9.50 Å². The van der Waals surface area contributed by atoms with Crippen LogP contribution in [0.1, 0.15) is 31.9 Å². The predicted octanol–water partition coefficient (Wildman–Crippen LogP) is 1.92. The number of aliphatic hydroxyl groups excluding tert-OH is 1. The molecule has 0 aliphatic heterocycles. The largest absolute Gasteiger partial charge is 0.396 e. The first-order valence-corrected chi connectivity index (χ1v) is 6.43. The van der Waals surface area contributed by atoms with Crippen molar-refractivity contribution in [3.8, 4) is 0 Å². The fourth-order valence-corrected chi connectivity index (χ4v) is 2.21. The lowest BCUT2D eigenvalue weighted by atomic mass is 10.0. The molecule has 18 heavy (non-hydrogen) atoms. The van der Waals surface area contributed by atoms with E-state index in [1.54, 1.807) is 12.1 Å². The fraction of sp³-hybridized carbons (Fsp3) is 0.571. The van der Waals surface area contributed by atoms with Crippen molar-refractivity contribution in [2.75, 3.05) is 19.7 Å². The Hall–Kier alpha value is -0.970. The molecule has 0 fully saturated rings. The molecule has 0 saturated heterocycles. The van der Waals surface area contributed by atoms with Gasteiger partial charge in [-0.05, 0) is 26.3 Å². The van der Waals surface area contributed by atoms with Gasteiger partial charge < -0.3 is 10.8 Å². The van der Waals surface area contributed by atoms with E-state index in [1.807, 2.05) is 6.07 Å². The maximum Gasteiger partial charge on any atom is 0.128 e. The maximum absolute atomic E-state index is 13.8. The van der Waals surface area contributed by atoms with Crippen LogP contribution in [0.2, 0.25) is 0 Å². The molecule has 102 valence electrons. The van der Waals surface area contributed by atoms with Gasteiger partial charge >= 0.3 is 0 Å². The van der Waals surface area contributed by atoms with Crippen molar-refractivity contribution in [3.63, 3.8) is 0 Å². The lowest BCUT2D eigenvalue weighted by molar-refractivity contribution is 0.138. The Balaban J connectivity index is 2.95. The van der Waals surface area contributed by atoms with Crippen LogP contribution in [0.25, 0.3) is 0 Å². The quantitative estimate of drug-likeness (QED) is 0.781. The number of nitrogens with two attached hydrogens (primary N) is 1. The first kappa shape index (κ1) is 15.1. The molecule has 1 atom stereocenters. The maximum atomic E-state index is 13.8. The van der Waals surface area contributed by atoms with Crippen LogP contribution < -0.4 is 5.73 Å². The van der Waals surface area contributed by atoms with Crippen LogP contribution in [0, 0.1) is 5.82 Å². The highest BCUT2D eigenvalue weighted by Crippen LogP contribution is 2.24.